The third kappa shape index (κ3) is 5.53. The summed E-state index contributed by atoms with van der Waals surface area (Å²) in [6.45, 7) is 10.1. The van der Waals surface area contributed by atoms with E-state index in [0.717, 1.165) is 19.1 Å². The highest BCUT2D eigenvalue weighted by molar-refractivity contribution is 4.71. The summed E-state index contributed by atoms with van der Waals surface area (Å²) in [7, 11) is 0. The topological polar surface area (TPSA) is 12.5 Å². The van der Waals surface area contributed by atoms with Gasteiger partial charge in [0, 0.05) is 13.2 Å². The molecule has 90 valence electrons. The normalized spacial score (nSPS) is 19.6. The molecule has 0 aromatic rings. The lowest BCUT2D eigenvalue weighted by Crippen LogP contribution is -2.34. The van der Waals surface area contributed by atoms with Crippen molar-refractivity contribution in [1.29, 1.82) is 0 Å². The molecule has 2 heteroatoms. The molecule has 0 amide bonds. The number of piperidine rings is 1. The molecule has 1 heterocycles. The van der Waals surface area contributed by atoms with E-state index in [1.54, 1.807) is 0 Å². The average Bonchev–Trinajstić information content (AvgIpc) is 2.30. The predicted octanol–water partition coefficient (Wildman–Crippen LogP) is 2.93. The van der Waals surface area contributed by atoms with Crippen LogP contribution in [0.4, 0.5) is 0 Å². The zero-order valence-electron chi connectivity index (χ0n) is 10.5. The molecule has 1 aliphatic heterocycles. The van der Waals surface area contributed by atoms with Crippen LogP contribution in [0.15, 0.2) is 0 Å². The number of hydrogen-bond acceptors (Lipinski definition) is 2. The van der Waals surface area contributed by atoms with Crippen molar-refractivity contribution in [2.24, 2.45) is 5.92 Å². The molecule has 0 aliphatic carbocycles. The van der Waals surface area contributed by atoms with Crippen LogP contribution < -0.4 is 0 Å². The van der Waals surface area contributed by atoms with Crippen molar-refractivity contribution < 1.29 is 4.74 Å². The van der Waals surface area contributed by atoms with Crippen molar-refractivity contribution in [1.82, 2.24) is 4.90 Å². The SMILES string of the molecule is CCOCCCCN1CCC(CC)CC1. The number of unbranched alkanes of at least 4 members (excludes halogenated alkanes) is 1. The summed E-state index contributed by atoms with van der Waals surface area (Å²) >= 11 is 0. The second kappa shape index (κ2) is 8.12. The molecule has 1 rings (SSSR count). The highest BCUT2D eigenvalue weighted by Crippen LogP contribution is 2.19. The van der Waals surface area contributed by atoms with Gasteiger partial charge in [-0.05, 0) is 58.2 Å². The molecule has 0 radical (unpaired) electrons. The first-order chi connectivity index (χ1) is 7.36. The van der Waals surface area contributed by atoms with Crippen LogP contribution in [0.2, 0.25) is 0 Å². The summed E-state index contributed by atoms with van der Waals surface area (Å²) in [6, 6.07) is 0. The third-order valence-corrected chi connectivity index (χ3v) is 3.50. The Morgan fingerprint density at radius 3 is 2.47 bits per heavy atom. The molecule has 0 unspecified atom stereocenters. The summed E-state index contributed by atoms with van der Waals surface area (Å²) in [5.41, 5.74) is 0. The van der Waals surface area contributed by atoms with Gasteiger partial charge in [-0.3, -0.25) is 0 Å². The van der Waals surface area contributed by atoms with Crippen LogP contribution in [0.1, 0.15) is 46.0 Å². The van der Waals surface area contributed by atoms with Crippen molar-refractivity contribution in [2.75, 3.05) is 32.8 Å². The van der Waals surface area contributed by atoms with Crippen LogP contribution in [0, 0.1) is 5.92 Å². The number of likely N-dealkylation sites (tertiary alicyclic amines) is 1. The van der Waals surface area contributed by atoms with Crippen LogP contribution >= 0.6 is 0 Å². The van der Waals surface area contributed by atoms with E-state index in [0.29, 0.717) is 0 Å². The highest BCUT2D eigenvalue weighted by Gasteiger charge is 2.16. The molecule has 2 nitrogen and oxygen atoms in total. The van der Waals surface area contributed by atoms with Gasteiger partial charge < -0.3 is 9.64 Å². The second-order valence-corrected chi connectivity index (χ2v) is 4.60. The quantitative estimate of drug-likeness (QED) is 0.603. The Kier molecular flexibility index (Phi) is 7.03. The molecule has 0 saturated carbocycles. The maximum absolute atomic E-state index is 5.34. The van der Waals surface area contributed by atoms with Crippen LogP contribution in [-0.4, -0.2) is 37.7 Å². The molecule has 0 spiro atoms. The van der Waals surface area contributed by atoms with Gasteiger partial charge in [0.05, 0.1) is 0 Å². The minimum Gasteiger partial charge on any atom is -0.382 e. The second-order valence-electron chi connectivity index (χ2n) is 4.60. The smallest absolute Gasteiger partial charge is 0.0466 e. The van der Waals surface area contributed by atoms with Gasteiger partial charge in [0.1, 0.15) is 0 Å². The first-order valence-corrected chi connectivity index (χ1v) is 6.66. The van der Waals surface area contributed by atoms with Gasteiger partial charge in [-0.1, -0.05) is 13.3 Å². The van der Waals surface area contributed by atoms with Gasteiger partial charge in [-0.2, -0.15) is 0 Å². The monoisotopic (exact) mass is 213 g/mol. The summed E-state index contributed by atoms with van der Waals surface area (Å²) in [5.74, 6) is 1.00. The van der Waals surface area contributed by atoms with Gasteiger partial charge in [0.2, 0.25) is 0 Å². The van der Waals surface area contributed by atoms with E-state index in [2.05, 4.69) is 18.7 Å². The fourth-order valence-electron chi connectivity index (χ4n) is 2.30. The van der Waals surface area contributed by atoms with Crippen molar-refractivity contribution in [2.45, 2.75) is 46.0 Å². The molecule has 15 heavy (non-hydrogen) atoms. The minimum atomic E-state index is 0.863. The molecular weight excluding hydrogens is 186 g/mol. The van der Waals surface area contributed by atoms with Crippen molar-refractivity contribution in [3.8, 4) is 0 Å². The Morgan fingerprint density at radius 1 is 1.13 bits per heavy atom. The van der Waals surface area contributed by atoms with E-state index in [9.17, 15) is 0 Å². The van der Waals surface area contributed by atoms with E-state index in [1.165, 1.54) is 51.7 Å². The molecular formula is C13H27NO. The Balaban J connectivity index is 1.94. The molecule has 1 fully saturated rings. The van der Waals surface area contributed by atoms with E-state index in [4.69, 9.17) is 4.74 Å². The highest BCUT2D eigenvalue weighted by atomic mass is 16.5. The zero-order valence-corrected chi connectivity index (χ0v) is 10.5. The number of hydrogen-bond donors (Lipinski definition) is 0. The lowest BCUT2D eigenvalue weighted by molar-refractivity contribution is 0.133. The summed E-state index contributed by atoms with van der Waals surface area (Å²) < 4.78 is 5.34. The molecule has 1 saturated heterocycles. The number of rotatable bonds is 7. The molecule has 0 bridgehead atoms. The Labute approximate surface area is 95.0 Å². The summed E-state index contributed by atoms with van der Waals surface area (Å²) in [5, 5.41) is 0. The van der Waals surface area contributed by atoms with Crippen LogP contribution in [0.5, 0.6) is 0 Å². The van der Waals surface area contributed by atoms with Crippen LogP contribution in [0.3, 0.4) is 0 Å². The van der Waals surface area contributed by atoms with Gasteiger partial charge in [0.25, 0.3) is 0 Å². The predicted molar refractivity (Wildman–Crippen MR) is 65.2 cm³/mol. The average molecular weight is 213 g/mol. The van der Waals surface area contributed by atoms with E-state index in [-0.39, 0.29) is 0 Å². The van der Waals surface area contributed by atoms with Gasteiger partial charge in [-0.15, -0.1) is 0 Å². The molecule has 0 N–H and O–H groups in total. The fourth-order valence-corrected chi connectivity index (χ4v) is 2.30. The maximum Gasteiger partial charge on any atom is 0.0466 e. The van der Waals surface area contributed by atoms with Crippen molar-refractivity contribution in [3.63, 3.8) is 0 Å². The standard InChI is InChI=1S/C13H27NO/c1-3-13-7-10-14(11-8-13)9-5-6-12-15-4-2/h13H,3-12H2,1-2H3. The lowest BCUT2D eigenvalue weighted by atomic mass is 9.94. The maximum atomic E-state index is 5.34. The third-order valence-electron chi connectivity index (χ3n) is 3.50. The summed E-state index contributed by atoms with van der Waals surface area (Å²) in [4.78, 5) is 2.62. The van der Waals surface area contributed by atoms with Crippen molar-refractivity contribution >= 4 is 0 Å². The minimum absolute atomic E-state index is 0.863. The van der Waals surface area contributed by atoms with E-state index >= 15 is 0 Å². The fraction of sp³-hybridized carbons (Fsp3) is 1.00. The number of ether oxygens (including phenoxy) is 1. The van der Waals surface area contributed by atoms with Crippen molar-refractivity contribution in [3.05, 3.63) is 0 Å². The Bertz CT molecular complexity index is 141. The Hall–Kier alpha value is -0.0800. The zero-order chi connectivity index (χ0) is 10.9. The van der Waals surface area contributed by atoms with E-state index in [1.807, 2.05) is 0 Å². The lowest BCUT2D eigenvalue weighted by Gasteiger charge is -2.31. The number of nitrogens with zero attached hydrogens (tertiary/aromatic N) is 1. The first kappa shape index (κ1) is 13.0. The van der Waals surface area contributed by atoms with Gasteiger partial charge >= 0.3 is 0 Å². The van der Waals surface area contributed by atoms with Crippen LogP contribution in [-0.2, 0) is 4.74 Å². The Morgan fingerprint density at radius 2 is 1.87 bits per heavy atom. The summed E-state index contributed by atoms with van der Waals surface area (Å²) in [6.07, 6.45) is 6.74. The molecule has 0 atom stereocenters. The molecule has 1 aliphatic rings. The van der Waals surface area contributed by atoms with Gasteiger partial charge in [0.15, 0.2) is 0 Å². The van der Waals surface area contributed by atoms with E-state index < -0.39 is 0 Å². The largest absolute Gasteiger partial charge is 0.382 e. The first-order valence-electron chi connectivity index (χ1n) is 6.66. The molecule has 0 aromatic heterocycles. The van der Waals surface area contributed by atoms with Crippen LogP contribution in [0.25, 0.3) is 0 Å². The van der Waals surface area contributed by atoms with Gasteiger partial charge in [-0.25, -0.2) is 0 Å². The molecule has 0 aromatic carbocycles.